The summed E-state index contributed by atoms with van der Waals surface area (Å²) in [5.41, 5.74) is 7.92. The van der Waals surface area contributed by atoms with Crippen molar-refractivity contribution in [2.24, 2.45) is 0 Å². The van der Waals surface area contributed by atoms with Crippen LogP contribution in [0.5, 0.6) is 0 Å². The first-order chi connectivity index (χ1) is 8.22. The average Bonchev–Trinajstić information content (AvgIpc) is 2.59. The van der Waals surface area contributed by atoms with Gasteiger partial charge in [-0.2, -0.15) is 5.10 Å². The number of aryl methyl sites for hydroxylation is 2. The molecule has 1 aliphatic heterocycles. The van der Waals surface area contributed by atoms with Crippen molar-refractivity contribution in [3.8, 4) is 0 Å². The second kappa shape index (κ2) is 5.78. The topological polar surface area (TPSA) is 53.1 Å². The highest BCUT2D eigenvalue weighted by atomic mass is 32.2. The van der Waals surface area contributed by atoms with Gasteiger partial charge < -0.3 is 10.5 Å². The molecule has 1 aromatic heterocycles. The highest BCUT2D eigenvalue weighted by Gasteiger charge is 2.20. The minimum absolute atomic E-state index is 0.623. The number of hydrogen-bond acceptors (Lipinski definition) is 4. The molecule has 0 atom stereocenters. The third-order valence-corrected chi connectivity index (χ3v) is 4.47. The zero-order valence-corrected chi connectivity index (χ0v) is 11.4. The lowest BCUT2D eigenvalue weighted by Gasteiger charge is -2.21. The van der Waals surface area contributed by atoms with E-state index >= 15 is 0 Å². The Labute approximate surface area is 107 Å². The van der Waals surface area contributed by atoms with Crippen LogP contribution in [0.25, 0.3) is 0 Å². The van der Waals surface area contributed by atoms with Crippen LogP contribution < -0.4 is 5.73 Å². The molecule has 0 saturated carbocycles. The van der Waals surface area contributed by atoms with E-state index in [0.29, 0.717) is 5.25 Å². The Morgan fingerprint density at radius 1 is 1.47 bits per heavy atom. The van der Waals surface area contributed by atoms with Crippen molar-refractivity contribution in [2.75, 3.05) is 18.9 Å². The van der Waals surface area contributed by atoms with E-state index in [4.69, 9.17) is 10.5 Å². The number of thioether (sulfide) groups is 1. The molecule has 0 spiro atoms. The molecule has 0 amide bonds. The van der Waals surface area contributed by atoms with Crippen molar-refractivity contribution in [1.82, 2.24) is 9.78 Å². The van der Waals surface area contributed by atoms with Crippen molar-refractivity contribution in [3.63, 3.8) is 0 Å². The van der Waals surface area contributed by atoms with Crippen LogP contribution in [0.1, 0.15) is 31.9 Å². The van der Waals surface area contributed by atoms with Gasteiger partial charge in [-0.05, 0) is 26.2 Å². The number of nitrogens with zero attached hydrogens (tertiary/aromatic N) is 2. The lowest BCUT2D eigenvalue weighted by atomic mass is 10.2. The smallest absolute Gasteiger partial charge is 0.118 e. The maximum Gasteiger partial charge on any atom is 0.118 e. The van der Waals surface area contributed by atoms with E-state index < -0.39 is 0 Å². The van der Waals surface area contributed by atoms with E-state index in [1.165, 1.54) is 0 Å². The maximum absolute atomic E-state index is 6.12. The molecule has 1 fully saturated rings. The second-order valence-corrected chi connectivity index (χ2v) is 5.75. The van der Waals surface area contributed by atoms with Gasteiger partial charge in [0.25, 0.3) is 0 Å². The quantitative estimate of drug-likeness (QED) is 0.898. The highest BCUT2D eigenvalue weighted by Crippen LogP contribution is 2.34. The van der Waals surface area contributed by atoms with E-state index in [1.807, 2.05) is 18.7 Å². The summed E-state index contributed by atoms with van der Waals surface area (Å²) >= 11 is 1.87. The molecule has 0 unspecified atom stereocenters. The van der Waals surface area contributed by atoms with Gasteiger partial charge in [0.2, 0.25) is 0 Å². The van der Waals surface area contributed by atoms with Gasteiger partial charge in [-0.25, -0.2) is 0 Å². The number of aromatic nitrogens is 2. The average molecular weight is 255 g/mol. The van der Waals surface area contributed by atoms with Gasteiger partial charge in [0.05, 0.1) is 11.4 Å². The Bertz CT molecular complexity index is 372. The van der Waals surface area contributed by atoms with Crippen molar-refractivity contribution in [1.29, 1.82) is 0 Å². The Morgan fingerprint density at radius 2 is 2.18 bits per heavy atom. The molecule has 0 radical (unpaired) electrons. The van der Waals surface area contributed by atoms with Crippen molar-refractivity contribution in [2.45, 2.75) is 49.9 Å². The van der Waals surface area contributed by atoms with Gasteiger partial charge in [0, 0.05) is 25.0 Å². The molecular formula is C12H21N3OS. The maximum atomic E-state index is 6.12. The summed E-state index contributed by atoms with van der Waals surface area (Å²) in [6.07, 6.45) is 3.31. The normalized spacial score (nSPS) is 17.5. The predicted octanol–water partition coefficient (Wildman–Crippen LogP) is 2.45. The van der Waals surface area contributed by atoms with Gasteiger partial charge >= 0.3 is 0 Å². The third-order valence-electron chi connectivity index (χ3n) is 3.01. The molecule has 2 N–H and O–H groups in total. The lowest BCUT2D eigenvalue weighted by molar-refractivity contribution is 0.1000. The van der Waals surface area contributed by atoms with Crippen LogP contribution >= 0.6 is 11.8 Å². The fraction of sp³-hybridized carbons (Fsp3) is 0.750. The molecular weight excluding hydrogens is 234 g/mol. The SMILES string of the molecule is CCCn1nc(C)c(N)c1SC1CCOCC1. The van der Waals surface area contributed by atoms with Crippen LogP contribution in [0.2, 0.25) is 0 Å². The predicted molar refractivity (Wildman–Crippen MR) is 71.4 cm³/mol. The molecule has 4 nitrogen and oxygen atoms in total. The molecule has 0 bridgehead atoms. The Hall–Kier alpha value is -0.680. The first-order valence-corrected chi connectivity index (χ1v) is 7.17. The van der Waals surface area contributed by atoms with Crippen LogP contribution in [0.3, 0.4) is 0 Å². The van der Waals surface area contributed by atoms with Crippen LogP contribution in [-0.4, -0.2) is 28.2 Å². The molecule has 96 valence electrons. The number of anilines is 1. The van der Waals surface area contributed by atoms with Gasteiger partial charge in [0.15, 0.2) is 0 Å². The van der Waals surface area contributed by atoms with Gasteiger partial charge in [-0.1, -0.05) is 6.92 Å². The van der Waals surface area contributed by atoms with Crippen LogP contribution in [0, 0.1) is 6.92 Å². The third kappa shape index (κ3) is 2.96. The minimum atomic E-state index is 0.623. The van der Waals surface area contributed by atoms with E-state index in [0.717, 1.165) is 55.4 Å². The molecule has 1 aromatic rings. The summed E-state index contributed by atoms with van der Waals surface area (Å²) in [4.78, 5) is 0. The van der Waals surface area contributed by atoms with Crippen molar-refractivity contribution in [3.05, 3.63) is 5.69 Å². The number of rotatable bonds is 4. The second-order valence-electron chi connectivity index (χ2n) is 4.46. The van der Waals surface area contributed by atoms with Crippen molar-refractivity contribution < 1.29 is 4.74 Å². The zero-order chi connectivity index (χ0) is 12.3. The molecule has 1 aliphatic rings. The molecule has 5 heteroatoms. The van der Waals surface area contributed by atoms with Crippen molar-refractivity contribution >= 4 is 17.4 Å². The van der Waals surface area contributed by atoms with E-state index in [9.17, 15) is 0 Å². The monoisotopic (exact) mass is 255 g/mol. The van der Waals surface area contributed by atoms with Gasteiger partial charge in [-0.3, -0.25) is 4.68 Å². The number of nitrogen functional groups attached to an aromatic ring is 1. The number of hydrogen-bond donors (Lipinski definition) is 1. The molecule has 1 saturated heterocycles. The Balaban J connectivity index is 2.12. The van der Waals surface area contributed by atoms with E-state index in [1.54, 1.807) is 0 Å². The summed E-state index contributed by atoms with van der Waals surface area (Å²) in [6.45, 7) is 6.84. The minimum Gasteiger partial charge on any atom is -0.395 e. The van der Waals surface area contributed by atoms with Crippen LogP contribution in [-0.2, 0) is 11.3 Å². The van der Waals surface area contributed by atoms with Gasteiger partial charge in [-0.15, -0.1) is 11.8 Å². The van der Waals surface area contributed by atoms with Crippen LogP contribution in [0.4, 0.5) is 5.69 Å². The van der Waals surface area contributed by atoms with E-state index in [-0.39, 0.29) is 0 Å². The summed E-state index contributed by atoms with van der Waals surface area (Å²) in [5, 5.41) is 6.28. The van der Waals surface area contributed by atoms with E-state index in [2.05, 4.69) is 16.7 Å². The molecule has 17 heavy (non-hydrogen) atoms. The number of nitrogens with two attached hydrogens (primary N) is 1. The largest absolute Gasteiger partial charge is 0.395 e. The number of ether oxygens (including phenoxy) is 1. The standard InChI is InChI=1S/C12H21N3OS/c1-3-6-15-12(11(13)9(2)14-15)17-10-4-7-16-8-5-10/h10H,3-8,13H2,1-2H3. The molecule has 0 aliphatic carbocycles. The first-order valence-electron chi connectivity index (χ1n) is 6.29. The summed E-state index contributed by atoms with van der Waals surface area (Å²) in [6, 6.07) is 0. The van der Waals surface area contributed by atoms with Gasteiger partial charge in [0.1, 0.15) is 5.03 Å². The Morgan fingerprint density at radius 3 is 2.82 bits per heavy atom. The first kappa shape index (κ1) is 12.8. The highest BCUT2D eigenvalue weighted by molar-refractivity contribution is 8.00. The molecule has 0 aromatic carbocycles. The summed E-state index contributed by atoms with van der Waals surface area (Å²) < 4.78 is 7.44. The molecule has 2 rings (SSSR count). The zero-order valence-electron chi connectivity index (χ0n) is 10.6. The fourth-order valence-electron chi connectivity index (χ4n) is 2.01. The summed E-state index contributed by atoms with van der Waals surface area (Å²) in [5.74, 6) is 0. The molecule has 2 heterocycles. The summed E-state index contributed by atoms with van der Waals surface area (Å²) in [7, 11) is 0. The van der Waals surface area contributed by atoms with Crippen LogP contribution in [0.15, 0.2) is 5.03 Å². The lowest BCUT2D eigenvalue weighted by Crippen LogP contribution is -2.18. The Kier molecular flexibility index (Phi) is 4.34. The fourth-order valence-corrected chi connectivity index (χ4v) is 3.29.